The van der Waals surface area contributed by atoms with E-state index in [0.717, 1.165) is 17.2 Å². The molecule has 0 aliphatic carbocycles. The van der Waals surface area contributed by atoms with Crippen molar-refractivity contribution in [3.05, 3.63) is 87.4 Å². The van der Waals surface area contributed by atoms with Gasteiger partial charge < -0.3 is 25.2 Å². The topological polar surface area (TPSA) is 107 Å². The molecule has 0 saturated carbocycles. The van der Waals surface area contributed by atoms with Crippen molar-refractivity contribution in [3.63, 3.8) is 0 Å². The van der Waals surface area contributed by atoms with Gasteiger partial charge in [0, 0.05) is 11.6 Å². The van der Waals surface area contributed by atoms with E-state index in [1.807, 2.05) is 39.8 Å². The number of phenols is 3. The van der Waals surface area contributed by atoms with E-state index in [9.17, 15) is 25.2 Å². The Morgan fingerprint density at radius 1 is 0.818 bits per heavy atom. The van der Waals surface area contributed by atoms with Crippen LogP contribution < -0.4 is 0 Å². The van der Waals surface area contributed by atoms with Gasteiger partial charge in [-0.05, 0) is 81.5 Å². The van der Waals surface area contributed by atoms with Crippen molar-refractivity contribution < 1.29 is 30.0 Å². The maximum atomic E-state index is 12.6. The van der Waals surface area contributed by atoms with Crippen LogP contribution in [0.15, 0.2) is 65.1 Å². The number of carbonyl (C=O) groups is 1. The number of aromatic hydroxyl groups is 3. The average molecular weight is 449 g/mol. The lowest BCUT2D eigenvalue weighted by molar-refractivity contribution is -0.131. The zero-order valence-electron chi connectivity index (χ0n) is 19.1. The Labute approximate surface area is 193 Å². The fourth-order valence-corrected chi connectivity index (χ4v) is 3.38. The predicted octanol–water partition coefficient (Wildman–Crippen LogP) is 5.69. The van der Waals surface area contributed by atoms with E-state index in [4.69, 9.17) is 4.74 Å². The SMILES string of the molecule is CC(C)=CCc1cc(/C=C2/OC(=O)C(c3cc(CC=C(C)C)c(O)cc3O)=C2O)ccc1O. The smallest absolute Gasteiger partial charge is 0.348 e. The van der Waals surface area contributed by atoms with E-state index in [1.165, 1.54) is 12.1 Å². The number of aliphatic hydroxyl groups is 1. The van der Waals surface area contributed by atoms with Crippen LogP contribution in [0.1, 0.15) is 49.9 Å². The zero-order valence-corrected chi connectivity index (χ0v) is 19.1. The molecule has 0 spiro atoms. The molecule has 1 heterocycles. The molecule has 0 radical (unpaired) electrons. The van der Waals surface area contributed by atoms with Gasteiger partial charge >= 0.3 is 5.97 Å². The van der Waals surface area contributed by atoms with E-state index in [1.54, 1.807) is 18.2 Å². The quantitative estimate of drug-likeness (QED) is 0.334. The third-order valence-electron chi connectivity index (χ3n) is 5.21. The van der Waals surface area contributed by atoms with Gasteiger partial charge in [-0.25, -0.2) is 4.79 Å². The summed E-state index contributed by atoms with van der Waals surface area (Å²) in [5.41, 5.74) is 3.88. The minimum atomic E-state index is -0.809. The van der Waals surface area contributed by atoms with Gasteiger partial charge in [-0.1, -0.05) is 29.4 Å². The lowest BCUT2D eigenvalue weighted by Gasteiger charge is -2.09. The molecule has 6 heteroatoms. The maximum absolute atomic E-state index is 12.6. The highest BCUT2D eigenvalue weighted by Gasteiger charge is 2.33. The number of carbonyl (C=O) groups excluding carboxylic acids is 1. The summed E-state index contributed by atoms with van der Waals surface area (Å²) in [6.45, 7) is 7.78. The summed E-state index contributed by atoms with van der Waals surface area (Å²) in [6, 6.07) is 7.55. The number of rotatable bonds is 6. The summed E-state index contributed by atoms with van der Waals surface area (Å²) in [6.07, 6.45) is 6.31. The first-order chi connectivity index (χ1) is 15.6. The second-order valence-electron chi connectivity index (χ2n) is 8.48. The first-order valence-electron chi connectivity index (χ1n) is 10.6. The third kappa shape index (κ3) is 5.47. The minimum Gasteiger partial charge on any atom is -0.508 e. The summed E-state index contributed by atoms with van der Waals surface area (Å²) >= 11 is 0. The standard InChI is InChI=1S/C27H28O6/c1-15(2)5-8-18-11-17(7-10-21(18)28)12-24-26(31)25(27(32)33-24)20-13-19(9-6-16(3)4)22(29)14-23(20)30/h5-7,10-14,28-31H,8-9H2,1-4H3/b24-12+. The van der Waals surface area contributed by atoms with Gasteiger partial charge in [0.2, 0.25) is 0 Å². The Bertz CT molecular complexity index is 1220. The minimum absolute atomic E-state index is 0.0628. The van der Waals surface area contributed by atoms with E-state index < -0.39 is 11.7 Å². The number of hydrogen-bond acceptors (Lipinski definition) is 6. The van der Waals surface area contributed by atoms with Gasteiger partial charge in [0.25, 0.3) is 0 Å². The van der Waals surface area contributed by atoms with Crippen molar-refractivity contribution in [1.82, 2.24) is 0 Å². The molecule has 2 aromatic carbocycles. The molecule has 33 heavy (non-hydrogen) atoms. The Morgan fingerprint density at radius 2 is 1.42 bits per heavy atom. The molecule has 1 aliphatic heterocycles. The Hall–Kier alpha value is -3.93. The molecule has 0 bridgehead atoms. The molecule has 0 unspecified atom stereocenters. The van der Waals surface area contributed by atoms with Gasteiger partial charge in [-0.2, -0.15) is 0 Å². The van der Waals surface area contributed by atoms with E-state index in [0.29, 0.717) is 29.5 Å². The van der Waals surface area contributed by atoms with E-state index in [2.05, 4.69) is 0 Å². The number of benzene rings is 2. The normalized spacial score (nSPS) is 14.4. The second kappa shape index (κ2) is 9.69. The lowest BCUT2D eigenvalue weighted by atomic mass is 9.98. The van der Waals surface area contributed by atoms with Gasteiger partial charge in [-0.3, -0.25) is 0 Å². The molecule has 1 aliphatic rings. The summed E-state index contributed by atoms with van der Waals surface area (Å²) < 4.78 is 5.27. The number of cyclic esters (lactones) is 1. The van der Waals surface area contributed by atoms with Crippen LogP contribution in [0.4, 0.5) is 0 Å². The summed E-state index contributed by atoms with van der Waals surface area (Å²) in [4.78, 5) is 12.6. The predicted molar refractivity (Wildman–Crippen MR) is 128 cm³/mol. The first-order valence-corrected chi connectivity index (χ1v) is 10.6. The fraction of sp³-hybridized carbons (Fsp3) is 0.222. The average Bonchev–Trinajstić information content (AvgIpc) is 3.00. The highest BCUT2D eigenvalue weighted by molar-refractivity contribution is 6.21. The first kappa shape index (κ1) is 23.7. The molecular weight excluding hydrogens is 420 g/mol. The summed E-state index contributed by atoms with van der Waals surface area (Å²) in [5.74, 6) is -1.58. The van der Waals surface area contributed by atoms with Crippen LogP contribution in [0.5, 0.6) is 17.2 Å². The van der Waals surface area contributed by atoms with Crippen molar-refractivity contribution in [1.29, 1.82) is 0 Å². The van der Waals surface area contributed by atoms with Crippen LogP contribution in [0.3, 0.4) is 0 Å². The van der Waals surface area contributed by atoms with Crippen molar-refractivity contribution in [3.8, 4) is 17.2 Å². The fourth-order valence-electron chi connectivity index (χ4n) is 3.38. The monoisotopic (exact) mass is 448 g/mol. The number of allylic oxidation sites excluding steroid dienone is 4. The largest absolute Gasteiger partial charge is 0.508 e. The number of aliphatic hydroxyl groups excluding tert-OH is 1. The van der Waals surface area contributed by atoms with Crippen LogP contribution in [-0.2, 0) is 22.4 Å². The van der Waals surface area contributed by atoms with Crippen LogP contribution >= 0.6 is 0 Å². The van der Waals surface area contributed by atoms with Crippen LogP contribution in [-0.4, -0.2) is 26.4 Å². The number of phenolic OH excluding ortho intramolecular Hbond substituents is 3. The van der Waals surface area contributed by atoms with Crippen molar-refractivity contribution in [2.75, 3.05) is 0 Å². The highest BCUT2D eigenvalue weighted by Crippen LogP contribution is 2.39. The molecule has 0 fully saturated rings. The van der Waals surface area contributed by atoms with Crippen molar-refractivity contribution in [2.24, 2.45) is 0 Å². The van der Waals surface area contributed by atoms with Crippen LogP contribution in [0, 0.1) is 0 Å². The number of ether oxygens (including phenoxy) is 1. The maximum Gasteiger partial charge on any atom is 0.348 e. The lowest BCUT2D eigenvalue weighted by Crippen LogP contribution is -2.00. The molecule has 0 atom stereocenters. The summed E-state index contributed by atoms with van der Waals surface area (Å²) in [5, 5.41) is 41.4. The number of hydrogen-bond donors (Lipinski definition) is 4. The number of esters is 1. The van der Waals surface area contributed by atoms with Crippen LogP contribution in [0.25, 0.3) is 11.6 Å². The van der Waals surface area contributed by atoms with E-state index >= 15 is 0 Å². The third-order valence-corrected chi connectivity index (χ3v) is 5.21. The van der Waals surface area contributed by atoms with Crippen molar-refractivity contribution >= 4 is 17.6 Å². The second-order valence-corrected chi connectivity index (χ2v) is 8.48. The van der Waals surface area contributed by atoms with Gasteiger partial charge in [0.15, 0.2) is 11.5 Å². The van der Waals surface area contributed by atoms with Crippen molar-refractivity contribution in [2.45, 2.75) is 40.5 Å². The highest BCUT2D eigenvalue weighted by atomic mass is 16.6. The van der Waals surface area contributed by atoms with E-state index in [-0.39, 0.29) is 34.1 Å². The molecule has 2 aromatic rings. The molecular formula is C27H28O6. The molecule has 0 aromatic heterocycles. The Kier molecular flexibility index (Phi) is 6.97. The molecule has 3 rings (SSSR count). The summed E-state index contributed by atoms with van der Waals surface area (Å²) in [7, 11) is 0. The van der Waals surface area contributed by atoms with Gasteiger partial charge in [-0.15, -0.1) is 0 Å². The van der Waals surface area contributed by atoms with Gasteiger partial charge in [0.05, 0.1) is 0 Å². The molecule has 172 valence electrons. The van der Waals surface area contributed by atoms with Gasteiger partial charge in [0.1, 0.15) is 22.8 Å². The zero-order chi connectivity index (χ0) is 24.3. The van der Waals surface area contributed by atoms with Crippen LogP contribution in [0.2, 0.25) is 0 Å². The molecule has 4 N–H and O–H groups in total. The molecule has 0 saturated heterocycles. The Morgan fingerprint density at radius 3 is 2.03 bits per heavy atom. The molecule has 6 nitrogen and oxygen atoms in total. The molecule has 0 amide bonds. The Balaban J connectivity index is 2.02.